The molecule has 5 heteroatoms. The SMILES string of the molecule is Cc1nn(-c2ccccc2)c(-n2ccnc2C)c1CBr. The predicted octanol–water partition coefficient (Wildman–Crippen LogP) is 3.57. The maximum Gasteiger partial charge on any atom is 0.146 e. The van der Waals surface area contributed by atoms with Gasteiger partial charge in [-0.2, -0.15) is 5.10 Å². The molecule has 0 aliphatic rings. The maximum absolute atomic E-state index is 4.69. The minimum Gasteiger partial charge on any atom is -0.288 e. The Kier molecular flexibility index (Phi) is 3.44. The van der Waals surface area contributed by atoms with Gasteiger partial charge in [0, 0.05) is 23.3 Å². The van der Waals surface area contributed by atoms with Crippen LogP contribution < -0.4 is 0 Å². The van der Waals surface area contributed by atoms with Crippen molar-refractivity contribution in [2.24, 2.45) is 0 Å². The number of para-hydroxylation sites is 1. The van der Waals surface area contributed by atoms with Crippen LogP contribution in [-0.2, 0) is 5.33 Å². The molecule has 0 saturated carbocycles. The highest BCUT2D eigenvalue weighted by Gasteiger charge is 2.18. The van der Waals surface area contributed by atoms with Crippen molar-refractivity contribution in [1.29, 1.82) is 0 Å². The standard InChI is InChI=1S/C15H15BrN4/c1-11-14(10-16)15(19-9-8-17-12(19)2)20(18-11)13-6-4-3-5-7-13/h3-9H,10H2,1-2H3. The highest BCUT2D eigenvalue weighted by atomic mass is 79.9. The fourth-order valence-corrected chi connectivity index (χ4v) is 2.96. The molecule has 0 radical (unpaired) electrons. The van der Waals surface area contributed by atoms with E-state index in [-0.39, 0.29) is 0 Å². The van der Waals surface area contributed by atoms with Crippen LogP contribution in [0.1, 0.15) is 17.1 Å². The molecule has 0 bridgehead atoms. The molecule has 0 saturated heterocycles. The van der Waals surface area contributed by atoms with Gasteiger partial charge in [0.1, 0.15) is 11.6 Å². The van der Waals surface area contributed by atoms with E-state index in [9.17, 15) is 0 Å². The zero-order valence-electron chi connectivity index (χ0n) is 11.4. The van der Waals surface area contributed by atoms with E-state index in [1.165, 1.54) is 5.56 Å². The molecule has 2 aromatic heterocycles. The Morgan fingerprint density at radius 2 is 1.90 bits per heavy atom. The van der Waals surface area contributed by atoms with Crippen molar-refractivity contribution >= 4 is 15.9 Å². The normalized spacial score (nSPS) is 10.9. The summed E-state index contributed by atoms with van der Waals surface area (Å²) in [5.41, 5.74) is 3.25. The number of aryl methyl sites for hydroxylation is 2. The molecule has 4 nitrogen and oxygen atoms in total. The maximum atomic E-state index is 4.69. The molecule has 2 heterocycles. The predicted molar refractivity (Wildman–Crippen MR) is 82.8 cm³/mol. The molecular formula is C15H15BrN4. The number of aromatic nitrogens is 4. The smallest absolute Gasteiger partial charge is 0.146 e. The minimum atomic E-state index is 0.763. The average Bonchev–Trinajstić information content (AvgIpc) is 3.02. The first-order valence-electron chi connectivity index (χ1n) is 6.42. The van der Waals surface area contributed by atoms with Crippen LogP contribution in [0.5, 0.6) is 0 Å². The van der Waals surface area contributed by atoms with Crippen LogP contribution >= 0.6 is 15.9 Å². The van der Waals surface area contributed by atoms with Crippen LogP contribution in [0.2, 0.25) is 0 Å². The Hall–Kier alpha value is -1.88. The molecule has 20 heavy (non-hydrogen) atoms. The highest BCUT2D eigenvalue weighted by molar-refractivity contribution is 9.08. The number of alkyl halides is 1. The first kappa shape index (κ1) is 13.1. The lowest BCUT2D eigenvalue weighted by atomic mass is 10.2. The average molecular weight is 331 g/mol. The lowest BCUT2D eigenvalue weighted by Gasteiger charge is -2.11. The van der Waals surface area contributed by atoms with Gasteiger partial charge in [-0.1, -0.05) is 34.1 Å². The van der Waals surface area contributed by atoms with E-state index in [1.807, 2.05) is 49.1 Å². The first-order chi connectivity index (χ1) is 9.72. The number of imidazole rings is 1. The van der Waals surface area contributed by atoms with Crippen molar-refractivity contribution in [2.45, 2.75) is 19.2 Å². The van der Waals surface area contributed by atoms with Crippen LogP contribution in [-0.4, -0.2) is 19.3 Å². The minimum absolute atomic E-state index is 0.763. The van der Waals surface area contributed by atoms with Crippen LogP contribution in [0.15, 0.2) is 42.7 Å². The fourth-order valence-electron chi connectivity index (χ4n) is 2.30. The molecule has 3 aromatic rings. The van der Waals surface area contributed by atoms with Gasteiger partial charge in [0.2, 0.25) is 0 Å². The van der Waals surface area contributed by atoms with E-state index < -0.39 is 0 Å². The van der Waals surface area contributed by atoms with Crippen molar-refractivity contribution in [3.8, 4) is 11.5 Å². The van der Waals surface area contributed by atoms with E-state index in [4.69, 9.17) is 0 Å². The molecule has 0 aliphatic heterocycles. The Balaban J connectivity index is 2.29. The topological polar surface area (TPSA) is 35.6 Å². The van der Waals surface area contributed by atoms with Crippen molar-refractivity contribution in [3.63, 3.8) is 0 Å². The van der Waals surface area contributed by atoms with Crippen molar-refractivity contribution < 1.29 is 0 Å². The first-order valence-corrected chi connectivity index (χ1v) is 7.54. The van der Waals surface area contributed by atoms with Gasteiger partial charge in [-0.15, -0.1) is 0 Å². The quantitative estimate of drug-likeness (QED) is 0.688. The van der Waals surface area contributed by atoms with Gasteiger partial charge < -0.3 is 0 Å². The van der Waals surface area contributed by atoms with Crippen molar-refractivity contribution in [3.05, 3.63) is 59.8 Å². The third-order valence-corrected chi connectivity index (χ3v) is 3.91. The second-order valence-corrected chi connectivity index (χ2v) is 5.17. The summed E-state index contributed by atoms with van der Waals surface area (Å²) in [6, 6.07) is 10.2. The second-order valence-electron chi connectivity index (χ2n) is 4.61. The summed E-state index contributed by atoms with van der Waals surface area (Å²) in [6.45, 7) is 4.03. The van der Waals surface area contributed by atoms with Crippen molar-refractivity contribution in [2.75, 3.05) is 0 Å². The number of nitrogens with zero attached hydrogens (tertiary/aromatic N) is 4. The number of halogens is 1. The van der Waals surface area contributed by atoms with Gasteiger partial charge in [0.15, 0.2) is 0 Å². The van der Waals surface area contributed by atoms with Gasteiger partial charge in [-0.25, -0.2) is 9.67 Å². The lowest BCUT2D eigenvalue weighted by molar-refractivity contribution is 0.797. The molecule has 0 amide bonds. The van der Waals surface area contributed by atoms with Gasteiger partial charge in [-0.3, -0.25) is 4.57 Å². The van der Waals surface area contributed by atoms with E-state index >= 15 is 0 Å². The van der Waals surface area contributed by atoms with Gasteiger partial charge in [-0.05, 0) is 26.0 Å². The van der Waals surface area contributed by atoms with E-state index in [1.54, 1.807) is 0 Å². The molecule has 1 aromatic carbocycles. The van der Waals surface area contributed by atoms with E-state index in [0.717, 1.165) is 28.4 Å². The summed E-state index contributed by atoms with van der Waals surface area (Å²) in [7, 11) is 0. The van der Waals surface area contributed by atoms with Crippen LogP contribution in [0.4, 0.5) is 0 Å². The number of benzene rings is 1. The Labute approximate surface area is 126 Å². The molecular weight excluding hydrogens is 316 g/mol. The Morgan fingerprint density at radius 3 is 2.50 bits per heavy atom. The van der Waals surface area contributed by atoms with Crippen LogP contribution in [0, 0.1) is 13.8 Å². The Morgan fingerprint density at radius 1 is 1.15 bits per heavy atom. The highest BCUT2D eigenvalue weighted by Crippen LogP contribution is 2.25. The summed E-state index contributed by atoms with van der Waals surface area (Å²) in [4.78, 5) is 4.32. The third kappa shape index (κ3) is 2.08. The molecule has 0 atom stereocenters. The molecule has 102 valence electrons. The summed E-state index contributed by atoms with van der Waals surface area (Å²) in [5.74, 6) is 1.99. The zero-order chi connectivity index (χ0) is 14.1. The van der Waals surface area contributed by atoms with Crippen LogP contribution in [0.3, 0.4) is 0 Å². The van der Waals surface area contributed by atoms with Gasteiger partial charge in [0.25, 0.3) is 0 Å². The van der Waals surface area contributed by atoms with E-state index in [2.05, 4.69) is 42.7 Å². The van der Waals surface area contributed by atoms with Crippen LogP contribution in [0.25, 0.3) is 11.5 Å². The number of hydrogen-bond acceptors (Lipinski definition) is 2. The molecule has 0 aliphatic carbocycles. The summed E-state index contributed by atoms with van der Waals surface area (Å²) in [5, 5.41) is 5.45. The lowest BCUT2D eigenvalue weighted by Crippen LogP contribution is -2.07. The van der Waals surface area contributed by atoms with Gasteiger partial charge in [0.05, 0.1) is 11.4 Å². The largest absolute Gasteiger partial charge is 0.288 e. The molecule has 0 fully saturated rings. The third-order valence-electron chi connectivity index (χ3n) is 3.35. The van der Waals surface area contributed by atoms with Gasteiger partial charge >= 0.3 is 0 Å². The monoisotopic (exact) mass is 330 g/mol. The molecule has 0 N–H and O–H groups in total. The summed E-state index contributed by atoms with van der Waals surface area (Å²) < 4.78 is 4.05. The molecule has 0 spiro atoms. The fraction of sp³-hybridized carbons (Fsp3) is 0.200. The number of hydrogen-bond donors (Lipinski definition) is 0. The number of rotatable bonds is 3. The Bertz CT molecular complexity index is 728. The second kappa shape index (κ2) is 5.25. The zero-order valence-corrected chi connectivity index (χ0v) is 13.0. The van der Waals surface area contributed by atoms with Crippen molar-refractivity contribution in [1.82, 2.24) is 19.3 Å². The summed E-state index contributed by atoms with van der Waals surface area (Å²) >= 11 is 3.57. The van der Waals surface area contributed by atoms with E-state index in [0.29, 0.717) is 0 Å². The molecule has 0 unspecified atom stereocenters. The summed E-state index contributed by atoms with van der Waals surface area (Å²) in [6.07, 6.45) is 3.78. The molecule has 3 rings (SSSR count).